The molecule has 1 aliphatic heterocycles. The first kappa shape index (κ1) is 20.8. The summed E-state index contributed by atoms with van der Waals surface area (Å²) in [4.78, 5) is 37.3. The Bertz CT molecular complexity index is 631. The number of thiophene rings is 1. The van der Waals surface area contributed by atoms with Crippen molar-refractivity contribution in [1.82, 2.24) is 5.32 Å². The van der Waals surface area contributed by atoms with E-state index in [9.17, 15) is 14.4 Å². The summed E-state index contributed by atoms with van der Waals surface area (Å²) >= 11 is 2.80. The van der Waals surface area contributed by atoms with E-state index < -0.39 is 11.2 Å². The molecule has 1 amide bonds. The molecule has 2 atom stereocenters. The van der Waals surface area contributed by atoms with Crippen molar-refractivity contribution in [2.75, 3.05) is 19.8 Å². The largest absolute Gasteiger partial charge is 0.465 e. The van der Waals surface area contributed by atoms with Crippen molar-refractivity contribution in [2.45, 2.75) is 50.0 Å². The van der Waals surface area contributed by atoms with Crippen molar-refractivity contribution in [3.05, 3.63) is 21.9 Å². The lowest BCUT2D eigenvalue weighted by molar-refractivity contribution is -0.145. The Morgan fingerprint density at radius 2 is 2.08 bits per heavy atom. The van der Waals surface area contributed by atoms with Crippen LogP contribution in [0, 0.1) is 0 Å². The zero-order valence-electron chi connectivity index (χ0n) is 15.1. The van der Waals surface area contributed by atoms with Gasteiger partial charge in [-0.2, -0.15) is 0 Å². The Balaban J connectivity index is 1.82. The van der Waals surface area contributed by atoms with Crippen LogP contribution >= 0.6 is 23.1 Å². The van der Waals surface area contributed by atoms with Gasteiger partial charge in [-0.15, -0.1) is 23.1 Å². The average molecular weight is 400 g/mol. The lowest BCUT2D eigenvalue weighted by atomic mass is 10.2. The molecule has 0 radical (unpaired) electrons. The zero-order chi connectivity index (χ0) is 18.9. The van der Waals surface area contributed by atoms with Gasteiger partial charge >= 0.3 is 11.9 Å². The van der Waals surface area contributed by atoms with E-state index in [1.807, 2.05) is 6.07 Å². The first-order chi connectivity index (χ1) is 12.5. The van der Waals surface area contributed by atoms with E-state index in [0.29, 0.717) is 18.0 Å². The topological polar surface area (TPSA) is 81.7 Å². The zero-order valence-corrected chi connectivity index (χ0v) is 16.7. The van der Waals surface area contributed by atoms with Crippen LogP contribution in [0.5, 0.6) is 0 Å². The molecule has 0 saturated carbocycles. The predicted molar refractivity (Wildman–Crippen MR) is 103 cm³/mol. The van der Waals surface area contributed by atoms with Crippen LogP contribution in [-0.2, 0) is 25.5 Å². The molecular formula is C18H25NO5S2. The van der Waals surface area contributed by atoms with Gasteiger partial charge in [0.25, 0.3) is 0 Å². The molecule has 26 heavy (non-hydrogen) atoms. The Morgan fingerprint density at radius 1 is 1.27 bits per heavy atom. The summed E-state index contributed by atoms with van der Waals surface area (Å²) in [7, 11) is 0. The van der Waals surface area contributed by atoms with E-state index in [4.69, 9.17) is 9.47 Å². The lowest BCUT2D eigenvalue weighted by Gasteiger charge is -2.27. The van der Waals surface area contributed by atoms with Crippen LogP contribution in [0.15, 0.2) is 12.1 Å². The fourth-order valence-corrected chi connectivity index (χ4v) is 4.59. The second-order valence-corrected chi connectivity index (χ2v) is 8.51. The third-order valence-corrected chi connectivity index (χ3v) is 6.47. The summed E-state index contributed by atoms with van der Waals surface area (Å²) in [6.45, 7) is 5.03. The quantitative estimate of drug-likeness (QED) is 0.391. The highest BCUT2D eigenvalue weighted by atomic mass is 32.2. The fourth-order valence-electron chi connectivity index (χ4n) is 2.47. The van der Waals surface area contributed by atoms with Crippen molar-refractivity contribution in [3.8, 4) is 0 Å². The molecule has 0 aromatic carbocycles. The minimum Gasteiger partial charge on any atom is -0.465 e. The number of thioether (sulfide) groups is 1. The highest BCUT2D eigenvalue weighted by molar-refractivity contribution is 8.02. The van der Waals surface area contributed by atoms with Gasteiger partial charge in [0.2, 0.25) is 5.91 Å². The molecule has 0 bridgehead atoms. The molecule has 8 heteroatoms. The molecular weight excluding hydrogens is 374 g/mol. The second-order valence-electron chi connectivity index (χ2n) is 5.93. The predicted octanol–water partition coefficient (Wildman–Crippen LogP) is 2.80. The standard InChI is InChI=1S/C18H25NO5S2/c1-3-5-10-24-17(21)14-9-8-12(25-14)6-7-13-11-19-16(20)15(26-13)18(22)23-4-2/h8-9,13,15H,3-7,10-11H2,1-2H3,(H,19,20). The van der Waals surface area contributed by atoms with Gasteiger partial charge in [0.1, 0.15) is 4.88 Å². The van der Waals surface area contributed by atoms with Crippen LogP contribution in [0.2, 0.25) is 0 Å². The average Bonchev–Trinajstić information content (AvgIpc) is 3.10. The maximum Gasteiger partial charge on any atom is 0.348 e. The molecule has 1 fully saturated rings. The molecule has 2 rings (SSSR count). The Morgan fingerprint density at radius 3 is 2.81 bits per heavy atom. The molecule has 1 aromatic heterocycles. The lowest BCUT2D eigenvalue weighted by Crippen LogP contribution is -2.47. The molecule has 144 valence electrons. The van der Waals surface area contributed by atoms with Gasteiger partial charge in [0, 0.05) is 16.7 Å². The number of hydrogen-bond donors (Lipinski definition) is 1. The number of carbonyl (C=O) groups excluding carboxylic acids is 3. The smallest absolute Gasteiger partial charge is 0.348 e. The van der Waals surface area contributed by atoms with E-state index in [-0.39, 0.29) is 23.7 Å². The van der Waals surface area contributed by atoms with Gasteiger partial charge in [-0.1, -0.05) is 13.3 Å². The third-order valence-electron chi connectivity index (χ3n) is 3.88. The third kappa shape index (κ3) is 6.02. The minimum atomic E-state index is -0.791. The highest BCUT2D eigenvalue weighted by Crippen LogP contribution is 2.28. The van der Waals surface area contributed by atoms with Crippen LogP contribution in [0.3, 0.4) is 0 Å². The molecule has 2 unspecified atom stereocenters. The van der Waals surface area contributed by atoms with Crippen LogP contribution < -0.4 is 5.32 Å². The molecule has 1 N–H and O–H groups in total. The minimum absolute atomic E-state index is 0.143. The van der Waals surface area contributed by atoms with Gasteiger partial charge in [0.05, 0.1) is 13.2 Å². The maximum absolute atomic E-state index is 11.9. The summed E-state index contributed by atoms with van der Waals surface area (Å²) in [5, 5.41) is 2.13. The van der Waals surface area contributed by atoms with Gasteiger partial charge in [-0.05, 0) is 38.3 Å². The second kappa shape index (κ2) is 10.6. The van der Waals surface area contributed by atoms with Gasteiger partial charge in [-0.25, -0.2) is 4.79 Å². The van der Waals surface area contributed by atoms with Crippen LogP contribution in [0.4, 0.5) is 0 Å². The van der Waals surface area contributed by atoms with Crippen molar-refractivity contribution in [2.24, 2.45) is 0 Å². The summed E-state index contributed by atoms with van der Waals surface area (Å²) in [6, 6.07) is 3.74. The normalized spacial score (nSPS) is 19.7. The number of esters is 2. The maximum atomic E-state index is 11.9. The number of amides is 1. The molecule has 0 spiro atoms. The first-order valence-electron chi connectivity index (χ1n) is 8.90. The fraction of sp³-hybridized carbons (Fsp3) is 0.611. The Kier molecular flexibility index (Phi) is 8.44. The number of hydrogen-bond acceptors (Lipinski definition) is 7. The van der Waals surface area contributed by atoms with E-state index in [0.717, 1.165) is 30.6 Å². The van der Waals surface area contributed by atoms with E-state index in [1.165, 1.54) is 23.1 Å². The van der Waals surface area contributed by atoms with Crippen LogP contribution in [-0.4, -0.2) is 48.1 Å². The van der Waals surface area contributed by atoms with Gasteiger partial charge in [0.15, 0.2) is 5.25 Å². The first-order valence-corrected chi connectivity index (χ1v) is 10.7. The molecule has 1 saturated heterocycles. The van der Waals surface area contributed by atoms with E-state index in [2.05, 4.69) is 12.2 Å². The van der Waals surface area contributed by atoms with Gasteiger partial charge in [-0.3, -0.25) is 9.59 Å². The van der Waals surface area contributed by atoms with Crippen LogP contribution in [0.25, 0.3) is 0 Å². The van der Waals surface area contributed by atoms with E-state index >= 15 is 0 Å². The molecule has 1 aromatic rings. The highest BCUT2D eigenvalue weighted by Gasteiger charge is 2.35. The van der Waals surface area contributed by atoms with Gasteiger partial charge < -0.3 is 14.8 Å². The number of rotatable bonds is 9. The van der Waals surface area contributed by atoms with Crippen molar-refractivity contribution >= 4 is 40.9 Å². The number of ether oxygens (including phenoxy) is 2. The summed E-state index contributed by atoms with van der Waals surface area (Å²) in [5.41, 5.74) is 0. The van der Waals surface area contributed by atoms with Crippen LogP contribution in [0.1, 0.15) is 47.7 Å². The monoisotopic (exact) mass is 399 g/mol. The summed E-state index contributed by atoms with van der Waals surface area (Å²) < 4.78 is 10.2. The number of aryl methyl sites for hydroxylation is 1. The SMILES string of the molecule is CCCCOC(=O)c1ccc(CCC2CNC(=O)C(C(=O)OCC)S2)s1. The Hall–Kier alpha value is -1.54. The van der Waals surface area contributed by atoms with Crippen molar-refractivity contribution in [1.29, 1.82) is 0 Å². The number of carbonyl (C=O) groups is 3. The van der Waals surface area contributed by atoms with E-state index in [1.54, 1.807) is 13.0 Å². The van der Waals surface area contributed by atoms with Crippen molar-refractivity contribution < 1.29 is 23.9 Å². The summed E-state index contributed by atoms with van der Waals surface area (Å²) in [6.07, 6.45) is 3.46. The number of unbranched alkanes of at least 4 members (excludes halogenated alkanes) is 1. The molecule has 2 heterocycles. The molecule has 0 aliphatic carbocycles. The Labute approximate surface area is 162 Å². The van der Waals surface area contributed by atoms with Crippen molar-refractivity contribution in [3.63, 3.8) is 0 Å². The molecule has 6 nitrogen and oxygen atoms in total. The number of nitrogens with one attached hydrogen (secondary N) is 1. The molecule has 1 aliphatic rings. The summed E-state index contributed by atoms with van der Waals surface area (Å²) in [5.74, 6) is -1.03.